The Balaban J connectivity index is 1.54. The van der Waals surface area contributed by atoms with Gasteiger partial charge in [-0.05, 0) is 42.1 Å². The number of hydrogen-bond acceptors (Lipinski definition) is 6. The van der Waals surface area contributed by atoms with Crippen LogP contribution in [0, 0.1) is 5.82 Å². The van der Waals surface area contributed by atoms with Gasteiger partial charge in [0, 0.05) is 17.1 Å². The van der Waals surface area contributed by atoms with Gasteiger partial charge in [0.25, 0.3) is 11.8 Å². The standard InChI is InChI=1S/C16H13FN4O2S2/c17-10-3-5-11(6-4-10)19-14(23)16-21-20-15(25-16)13(22)18-8-7-12-2-1-9-24-12/h1-6,9H,7-8H2,(H,18,22)(H,19,23). The van der Waals surface area contributed by atoms with Crippen LogP contribution >= 0.6 is 22.7 Å². The molecule has 128 valence electrons. The zero-order valence-electron chi connectivity index (χ0n) is 12.9. The summed E-state index contributed by atoms with van der Waals surface area (Å²) in [6.45, 7) is 0.482. The molecule has 0 bridgehead atoms. The summed E-state index contributed by atoms with van der Waals surface area (Å²) in [6.07, 6.45) is 0.736. The fourth-order valence-corrected chi connectivity index (χ4v) is 3.32. The molecule has 3 rings (SSSR count). The van der Waals surface area contributed by atoms with Gasteiger partial charge in [0.05, 0.1) is 0 Å². The molecule has 0 unspecified atom stereocenters. The van der Waals surface area contributed by atoms with Gasteiger partial charge >= 0.3 is 0 Å². The molecule has 6 nitrogen and oxygen atoms in total. The second-order valence-electron chi connectivity index (χ2n) is 4.96. The Morgan fingerprint density at radius 1 is 1.04 bits per heavy atom. The van der Waals surface area contributed by atoms with Gasteiger partial charge in [-0.1, -0.05) is 17.4 Å². The van der Waals surface area contributed by atoms with E-state index in [9.17, 15) is 14.0 Å². The van der Waals surface area contributed by atoms with E-state index in [0.717, 1.165) is 17.8 Å². The lowest BCUT2D eigenvalue weighted by Gasteiger charge is -2.01. The lowest BCUT2D eigenvalue weighted by molar-refractivity contribution is 0.0952. The lowest BCUT2D eigenvalue weighted by atomic mass is 10.3. The van der Waals surface area contributed by atoms with Gasteiger partial charge in [-0.25, -0.2) is 4.39 Å². The van der Waals surface area contributed by atoms with Crippen LogP contribution in [0.5, 0.6) is 0 Å². The first-order valence-corrected chi connectivity index (χ1v) is 9.02. The molecule has 2 amide bonds. The molecule has 25 heavy (non-hydrogen) atoms. The summed E-state index contributed by atoms with van der Waals surface area (Å²) in [5.74, 6) is -1.26. The highest BCUT2D eigenvalue weighted by Gasteiger charge is 2.17. The van der Waals surface area contributed by atoms with Crippen molar-refractivity contribution < 1.29 is 14.0 Å². The zero-order chi connectivity index (χ0) is 17.6. The van der Waals surface area contributed by atoms with Crippen molar-refractivity contribution in [3.05, 3.63) is 62.5 Å². The maximum atomic E-state index is 12.9. The first kappa shape index (κ1) is 17.2. The van der Waals surface area contributed by atoms with E-state index in [0.29, 0.717) is 12.2 Å². The Labute approximate surface area is 150 Å². The van der Waals surface area contributed by atoms with E-state index in [-0.39, 0.29) is 15.9 Å². The van der Waals surface area contributed by atoms with Crippen molar-refractivity contribution in [1.82, 2.24) is 15.5 Å². The number of benzene rings is 1. The average molecular weight is 376 g/mol. The molecule has 0 spiro atoms. The van der Waals surface area contributed by atoms with Crippen LogP contribution in [-0.4, -0.2) is 28.6 Å². The van der Waals surface area contributed by atoms with E-state index in [1.165, 1.54) is 29.1 Å². The smallest absolute Gasteiger partial charge is 0.286 e. The Hall–Kier alpha value is -2.65. The molecule has 9 heteroatoms. The molecule has 3 aromatic rings. The van der Waals surface area contributed by atoms with Gasteiger partial charge in [-0.3, -0.25) is 9.59 Å². The Morgan fingerprint density at radius 2 is 1.76 bits per heavy atom. The quantitative estimate of drug-likeness (QED) is 0.693. The van der Waals surface area contributed by atoms with Crippen molar-refractivity contribution in [2.24, 2.45) is 0 Å². The highest BCUT2D eigenvalue weighted by Crippen LogP contribution is 2.14. The first-order valence-electron chi connectivity index (χ1n) is 7.33. The van der Waals surface area contributed by atoms with Crippen LogP contribution in [0.15, 0.2) is 41.8 Å². The summed E-state index contributed by atoms with van der Waals surface area (Å²) in [4.78, 5) is 25.3. The Morgan fingerprint density at radius 3 is 2.44 bits per heavy atom. The van der Waals surface area contributed by atoms with E-state index < -0.39 is 11.7 Å². The third-order valence-electron chi connectivity index (χ3n) is 3.15. The molecule has 0 aliphatic heterocycles. The first-order chi connectivity index (χ1) is 12.1. The number of hydrogen-bond donors (Lipinski definition) is 2. The summed E-state index contributed by atoms with van der Waals surface area (Å²) >= 11 is 2.53. The molecule has 1 aromatic carbocycles. The highest BCUT2D eigenvalue weighted by atomic mass is 32.1. The van der Waals surface area contributed by atoms with Crippen LogP contribution in [0.1, 0.15) is 24.5 Å². The van der Waals surface area contributed by atoms with Crippen LogP contribution < -0.4 is 10.6 Å². The van der Waals surface area contributed by atoms with E-state index in [2.05, 4.69) is 20.8 Å². The number of amides is 2. The summed E-state index contributed by atoms with van der Waals surface area (Å²) < 4.78 is 12.9. The minimum Gasteiger partial charge on any atom is -0.350 e. The van der Waals surface area contributed by atoms with Crippen molar-refractivity contribution >= 4 is 40.2 Å². The van der Waals surface area contributed by atoms with Crippen LogP contribution in [0.2, 0.25) is 0 Å². The molecule has 0 fully saturated rings. The maximum Gasteiger partial charge on any atom is 0.286 e. The second kappa shape index (κ2) is 7.95. The second-order valence-corrected chi connectivity index (χ2v) is 6.97. The summed E-state index contributed by atoms with van der Waals surface area (Å²) in [6, 6.07) is 9.31. The van der Waals surface area contributed by atoms with Gasteiger partial charge in [-0.2, -0.15) is 0 Å². The maximum absolute atomic E-state index is 12.9. The normalized spacial score (nSPS) is 10.4. The van der Waals surface area contributed by atoms with Crippen molar-refractivity contribution in [1.29, 1.82) is 0 Å². The van der Waals surface area contributed by atoms with Crippen LogP contribution in [0.4, 0.5) is 10.1 Å². The summed E-state index contributed by atoms with van der Waals surface area (Å²) in [5, 5.41) is 15.0. The molecule has 2 aromatic heterocycles. The predicted octanol–water partition coefficient (Wildman–Crippen LogP) is 2.96. The van der Waals surface area contributed by atoms with Gasteiger partial charge < -0.3 is 10.6 Å². The number of nitrogens with one attached hydrogen (secondary N) is 2. The molecule has 0 radical (unpaired) electrons. The van der Waals surface area contributed by atoms with Gasteiger partial charge in [-0.15, -0.1) is 21.5 Å². The molecular weight excluding hydrogens is 363 g/mol. The molecule has 0 saturated heterocycles. The van der Waals surface area contributed by atoms with Gasteiger partial charge in [0.2, 0.25) is 10.0 Å². The number of rotatable bonds is 6. The average Bonchev–Trinajstić information content (AvgIpc) is 3.28. The number of carbonyl (C=O) groups is 2. The van der Waals surface area contributed by atoms with Crippen LogP contribution in [-0.2, 0) is 6.42 Å². The Kier molecular flexibility index (Phi) is 5.46. The molecule has 2 heterocycles. The van der Waals surface area contributed by atoms with Crippen molar-refractivity contribution in [2.75, 3.05) is 11.9 Å². The number of thiophene rings is 1. The van der Waals surface area contributed by atoms with E-state index in [1.807, 2.05) is 17.5 Å². The zero-order valence-corrected chi connectivity index (χ0v) is 14.5. The molecule has 2 N–H and O–H groups in total. The minimum atomic E-state index is -0.498. The van der Waals surface area contributed by atoms with E-state index in [4.69, 9.17) is 0 Å². The lowest BCUT2D eigenvalue weighted by Crippen LogP contribution is -2.25. The van der Waals surface area contributed by atoms with Crippen LogP contribution in [0.25, 0.3) is 0 Å². The SMILES string of the molecule is O=C(NCCc1cccs1)c1nnc(C(=O)Nc2ccc(F)cc2)s1. The van der Waals surface area contributed by atoms with Crippen molar-refractivity contribution in [2.45, 2.75) is 6.42 Å². The molecule has 0 aliphatic carbocycles. The highest BCUT2D eigenvalue weighted by molar-refractivity contribution is 7.15. The fraction of sp³-hybridized carbons (Fsp3) is 0.125. The minimum absolute atomic E-state index is 0.0627. The molecular formula is C16H13FN4O2S2. The number of carbonyl (C=O) groups excluding carboxylic acids is 2. The number of anilines is 1. The predicted molar refractivity (Wildman–Crippen MR) is 94.6 cm³/mol. The molecule has 0 saturated carbocycles. The number of halogens is 1. The third kappa shape index (κ3) is 4.68. The number of aromatic nitrogens is 2. The monoisotopic (exact) mass is 376 g/mol. The van der Waals surface area contributed by atoms with Crippen molar-refractivity contribution in [3.63, 3.8) is 0 Å². The van der Waals surface area contributed by atoms with Crippen molar-refractivity contribution in [3.8, 4) is 0 Å². The Bertz CT molecular complexity index is 863. The molecule has 0 aliphatic rings. The summed E-state index contributed by atoms with van der Waals surface area (Å²) in [5.41, 5.74) is 0.434. The fourth-order valence-electron chi connectivity index (χ4n) is 1.95. The van der Waals surface area contributed by atoms with E-state index in [1.54, 1.807) is 11.3 Å². The third-order valence-corrected chi connectivity index (χ3v) is 5.01. The topological polar surface area (TPSA) is 84.0 Å². The van der Waals surface area contributed by atoms with Gasteiger partial charge in [0.1, 0.15) is 5.82 Å². The number of nitrogens with zero attached hydrogens (tertiary/aromatic N) is 2. The van der Waals surface area contributed by atoms with E-state index >= 15 is 0 Å². The largest absolute Gasteiger partial charge is 0.350 e. The molecule has 0 atom stereocenters. The van der Waals surface area contributed by atoms with Crippen LogP contribution in [0.3, 0.4) is 0 Å². The summed E-state index contributed by atoms with van der Waals surface area (Å²) in [7, 11) is 0. The van der Waals surface area contributed by atoms with Gasteiger partial charge in [0.15, 0.2) is 0 Å².